The maximum absolute atomic E-state index is 12.8. The van der Waals surface area contributed by atoms with Gasteiger partial charge in [-0.15, -0.1) is 0 Å². The van der Waals surface area contributed by atoms with Gasteiger partial charge in [0.05, 0.1) is 5.69 Å². The van der Waals surface area contributed by atoms with Gasteiger partial charge < -0.3 is 21.4 Å². The van der Waals surface area contributed by atoms with Crippen molar-refractivity contribution in [3.05, 3.63) is 75.0 Å². The Morgan fingerprint density at radius 3 is 2.62 bits per heavy atom. The molecule has 9 nitrogen and oxygen atoms in total. The van der Waals surface area contributed by atoms with E-state index >= 15 is 0 Å². The third-order valence-electron chi connectivity index (χ3n) is 5.20. The van der Waals surface area contributed by atoms with Gasteiger partial charge in [-0.3, -0.25) is 14.6 Å². The molecule has 1 aromatic carbocycles. The molecule has 3 aromatic rings. The van der Waals surface area contributed by atoms with Crippen molar-refractivity contribution in [3.63, 3.8) is 0 Å². The van der Waals surface area contributed by atoms with E-state index in [1.165, 1.54) is 10.8 Å². The number of halogens is 1. The van der Waals surface area contributed by atoms with Gasteiger partial charge in [0.2, 0.25) is 0 Å². The number of amides is 2. The summed E-state index contributed by atoms with van der Waals surface area (Å²) in [6.07, 6.45) is 3.27. The number of rotatable bonds is 8. The van der Waals surface area contributed by atoms with Gasteiger partial charge in [0.15, 0.2) is 5.82 Å². The predicted octanol–water partition coefficient (Wildman–Crippen LogP) is 3.49. The highest BCUT2D eigenvalue weighted by molar-refractivity contribution is 6.31. The summed E-state index contributed by atoms with van der Waals surface area (Å²) < 4.78 is 1.54. The summed E-state index contributed by atoms with van der Waals surface area (Å²) in [7, 11) is 0. The minimum atomic E-state index is -0.741. The van der Waals surface area contributed by atoms with E-state index in [0.717, 1.165) is 27.9 Å². The number of nitrogen functional groups attached to an aromatic ring is 1. The average Bonchev–Trinajstić information content (AvgIpc) is 3.17. The number of carbonyl (C=O) groups excluding carboxylic acids is 2. The molecule has 5 N–H and O–H groups in total. The molecule has 0 aliphatic rings. The summed E-state index contributed by atoms with van der Waals surface area (Å²) in [5, 5.41) is 3.40. The van der Waals surface area contributed by atoms with Gasteiger partial charge in [0.1, 0.15) is 11.5 Å². The molecule has 2 heterocycles. The monoisotopic (exact) mass is 479 g/mol. The highest BCUT2D eigenvalue weighted by Gasteiger charge is 2.19. The first-order valence-electron chi connectivity index (χ1n) is 10.4. The fourth-order valence-corrected chi connectivity index (χ4v) is 3.75. The van der Waals surface area contributed by atoms with Gasteiger partial charge in [-0.2, -0.15) is 0 Å². The van der Waals surface area contributed by atoms with Crippen LogP contribution < -0.4 is 16.8 Å². The molecule has 0 aliphatic carbocycles. The van der Waals surface area contributed by atoms with Crippen LogP contribution in [0, 0.1) is 13.8 Å². The van der Waals surface area contributed by atoms with Crippen LogP contribution in [0.2, 0.25) is 0 Å². The van der Waals surface area contributed by atoms with E-state index in [4.69, 9.17) is 23.1 Å². The number of hydrogen-bond donors (Lipinski definition) is 3. The van der Waals surface area contributed by atoms with Gasteiger partial charge in [0, 0.05) is 35.6 Å². The minimum Gasteiger partial charge on any atom is -0.384 e. The van der Waals surface area contributed by atoms with E-state index in [0.29, 0.717) is 16.5 Å². The molecule has 0 radical (unpaired) electrons. The molecule has 0 spiro atoms. The predicted molar refractivity (Wildman–Crippen MR) is 134 cm³/mol. The molecule has 0 fully saturated rings. The van der Waals surface area contributed by atoms with Crippen molar-refractivity contribution >= 4 is 47.7 Å². The number of aliphatic imine (C=N–C) groups is 1. The van der Waals surface area contributed by atoms with Crippen molar-refractivity contribution in [3.8, 4) is 0 Å². The maximum Gasteiger partial charge on any atom is 0.284 e. The van der Waals surface area contributed by atoms with Gasteiger partial charge in [-0.1, -0.05) is 17.7 Å². The van der Waals surface area contributed by atoms with Crippen molar-refractivity contribution in [2.45, 2.75) is 33.9 Å². The number of nitrogens with one attached hydrogen (secondary N) is 1. The van der Waals surface area contributed by atoms with Crippen LogP contribution in [0.5, 0.6) is 0 Å². The van der Waals surface area contributed by atoms with Crippen molar-refractivity contribution in [1.29, 1.82) is 0 Å². The van der Waals surface area contributed by atoms with Gasteiger partial charge >= 0.3 is 0 Å². The Balaban J connectivity index is 1.85. The third kappa shape index (κ3) is 5.68. The highest BCUT2D eigenvalue weighted by atomic mass is 35.5. The summed E-state index contributed by atoms with van der Waals surface area (Å²) in [6.45, 7) is 9.56. The lowest BCUT2D eigenvalue weighted by molar-refractivity contribution is 0.0946. The normalized spacial score (nSPS) is 11.4. The van der Waals surface area contributed by atoms with E-state index in [9.17, 15) is 9.59 Å². The lowest BCUT2D eigenvalue weighted by Crippen LogP contribution is -2.24. The van der Waals surface area contributed by atoms with E-state index in [-0.39, 0.29) is 24.6 Å². The number of primary amides is 1. The number of nitrogens with zero attached hydrogens (tertiary/aromatic N) is 4. The Morgan fingerprint density at radius 2 is 2.00 bits per heavy atom. The van der Waals surface area contributed by atoms with Crippen molar-refractivity contribution in [1.82, 2.24) is 19.9 Å². The van der Waals surface area contributed by atoms with Gasteiger partial charge in [-0.25, -0.2) is 9.97 Å². The fourth-order valence-electron chi connectivity index (χ4n) is 3.63. The molecule has 0 unspecified atom stereocenters. The molecule has 0 atom stereocenters. The SMILES string of the molecule is C=Nc1ccc(Cn2cc(C(=O)NCc3c(C)cc(N)nc3C)nc2C(N)=O)cc1/C=C(\C)Cl. The fraction of sp³-hybridized carbons (Fsp3) is 0.208. The summed E-state index contributed by atoms with van der Waals surface area (Å²) in [4.78, 5) is 37.2. The highest BCUT2D eigenvalue weighted by Crippen LogP contribution is 2.24. The number of benzene rings is 1. The third-order valence-corrected chi connectivity index (χ3v) is 5.31. The largest absolute Gasteiger partial charge is 0.384 e. The van der Waals surface area contributed by atoms with E-state index in [1.807, 2.05) is 26.0 Å². The Bertz CT molecular complexity index is 1280. The second-order valence-corrected chi connectivity index (χ2v) is 8.43. The van der Waals surface area contributed by atoms with Crippen molar-refractivity contribution in [2.75, 3.05) is 5.73 Å². The number of nitrogens with two attached hydrogens (primary N) is 2. The van der Waals surface area contributed by atoms with E-state index < -0.39 is 11.8 Å². The number of anilines is 1. The molecule has 0 bridgehead atoms. The molecule has 0 saturated carbocycles. The van der Waals surface area contributed by atoms with Crippen LogP contribution >= 0.6 is 11.6 Å². The minimum absolute atomic E-state index is 0.0248. The van der Waals surface area contributed by atoms with Crippen molar-refractivity contribution < 1.29 is 9.59 Å². The molecule has 176 valence electrons. The zero-order chi connectivity index (χ0) is 25.0. The summed E-state index contributed by atoms with van der Waals surface area (Å²) in [5.74, 6) is -0.783. The lowest BCUT2D eigenvalue weighted by Gasteiger charge is -2.10. The first-order chi connectivity index (χ1) is 16.1. The summed E-state index contributed by atoms with van der Waals surface area (Å²) >= 11 is 6.03. The Labute approximate surface area is 202 Å². The van der Waals surface area contributed by atoms with Crippen LogP contribution in [0.25, 0.3) is 6.08 Å². The van der Waals surface area contributed by atoms with E-state index in [1.54, 1.807) is 25.1 Å². The first kappa shape index (κ1) is 24.7. The Hall–Kier alpha value is -3.98. The second-order valence-electron chi connectivity index (χ2n) is 7.83. The molecule has 2 amide bonds. The van der Waals surface area contributed by atoms with Crippen molar-refractivity contribution in [2.24, 2.45) is 10.7 Å². The number of allylic oxidation sites excluding steroid dienone is 1. The van der Waals surface area contributed by atoms with Crippen LogP contribution in [-0.4, -0.2) is 33.1 Å². The van der Waals surface area contributed by atoms with Crippen LogP contribution in [0.15, 0.2) is 40.5 Å². The summed E-state index contributed by atoms with van der Waals surface area (Å²) in [5.41, 5.74) is 16.2. The second kappa shape index (κ2) is 10.3. The molecule has 0 saturated heterocycles. The molecule has 2 aromatic heterocycles. The Kier molecular flexibility index (Phi) is 7.47. The Morgan fingerprint density at radius 1 is 1.26 bits per heavy atom. The number of aryl methyl sites for hydroxylation is 2. The molecule has 0 aliphatic heterocycles. The zero-order valence-electron chi connectivity index (χ0n) is 19.2. The van der Waals surface area contributed by atoms with Gasteiger partial charge in [-0.05, 0) is 68.5 Å². The smallest absolute Gasteiger partial charge is 0.284 e. The topological polar surface area (TPSA) is 141 Å². The molecule has 34 heavy (non-hydrogen) atoms. The molecular weight excluding hydrogens is 454 g/mol. The van der Waals surface area contributed by atoms with Crippen LogP contribution in [0.1, 0.15) is 56.0 Å². The number of aromatic nitrogens is 3. The molecule has 3 rings (SSSR count). The number of hydrogen-bond acceptors (Lipinski definition) is 6. The average molecular weight is 480 g/mol. The van der Waals surface area contributed by atoms with Crippen LogP contribution in [-0.2, 0) is 13.1 Å². The molecular formula is C24H26ClN7O2. The summed E-state index contributed by atoms with van der Waals surface area (Å²) in [6, 6.07) is 7.26. The van der Waals surface area contributed by atoms with Gasteiger partial charge in [0.25, 0.3) is 11.8 Å². The van der Waals surface area contributed by atoms with Crippen LogP contribution in [0.3, 0.4) is 0 Å². The number of pyridine rings is 1. The number of carbonyl (C=O) groups is 2. The zero-order valence-corrected chi connectivity index (χ0v) is 20.0. The molecule has 10 heteroatoms. The van der Waals surface area contributed by atoms with E-state index in [2.05, 4.69) is 27.0 Å². The maximum atomic E-state index is 12.8. The van der Waals surface area contributed by atoms with Crippen LogP contribution in [0.4, 0.5) is 11.5 Å². The first-order valence-corrected chi connectivity index (χ1v) is 10.8. The number of imidazole rings is 1. The quantitative estimate of drug-likeness (QED) is 0.424. The lowest BCUT2D eigenvalue weighted by atomic mass is 10.1. The standard InChI is InChI=1S/C24H26ClN7O2/c1-13-7-21(26)30-15(3)18(13)10-29-24(34)20-12-32(23(31-20)22(27)33)11-16-5-6-19(28-4)17(9-16)8-14(2)25/h5-9,12H,4,10-11H2,1-3H3,(H2,26,30)(H2,27,33)(H,29,34)/b14-8+.